The van der Waals surface area contributed by atoms with Crippen molar-refractivity contribution in [3.63, 3.8) is 0 Å². The molecule has 0 aliphatic rings. The third-order valence-corrected chi connectivity index (χ3v) is 5.09. The second-order valence-corrected chi connectivity index (χ2v) is 7.46. The molecule has 5 rings (SSSR count). The number of hydrogen-bond acceptors (Lipinski definition) is 5. The summed E-state index contributed by atoms with van der Waals surface area (Å²) in [5.74, 6) is -0.128. The van der Waals surface area contributed by atoms with Crippen LogP contribution < -0.4 is 21.1 Å². The Bertz CT molecular complexity index is 1430. The number of benzene rings is 4. The second kappa shape index (κ2) is 8.47. The summed E-state index contributed by atoms with van der Waals surface area (Å²) in [6.45, 7) is 0. The van der Waals surface area contributed by atoms with Crippen LogP contribution in [-0.2, 0) is 0 Å². The van der Waals surface area contributed by atoms with Gasteiger partial charge in [0.25, 0.3) is 0 Å². The molecule has 4 aromatic carbocycles. The number of pyridine rings is 1. The lowest BCUT2D eigenvalue weighted by atomic mass is 10.1. The molecule has 0 saturated carbocycles. The van der Waals surface area contributed by atoms with Gasteiger partial charge in [0, 0.05) is 40.0 Å². The van der Waals surface area contributed by atoms with Crippen molar-refractivity contribution in [3.05, 3.63) is 96.8 Å². The number of rotatable bonds is 4. The van der Waals surface area contributed by atoms with Gasteiger partial charge in [0.2, 0.25) is 0 Å². The van der Waals surface area contributed by atoms with Gasteiger partial charge in [-0.3, -0.25) is 5.32 Å². The molecule has 0 bridgehead atoms. The molecule has 1 amide bonds. The maximum absolute atomic E-state index is 13.1. The molecule has 0 radical (unpaired) electrons. The topological polar surface area (TPSA) is 89.3 Å². The number of anilines is 4. The SMILES string of the molecule is Nc1cc(Nc2c3ccccc3nc3ccccc23)cc(OC(=O)Nc2ccc(F)cc2)c1. The molecule has 0 unspecified atom stereocenters. The lowest BCUT2D eigenvalue weighted by Crippen LogP contribution is -2.16. The molecule has 1 aromatic heterocycles. The number of nitrogens with two attached hydrogens (primary N) is 1. The first-order chi connectivity index (χ1) is 16.0. The van der Waals surface area contributed by atoms with Gasteiger partial charge in [-0.1, -0.05) is 36.4 Å². The summed E-state index contributed by atoms with van der Waals surface area (Å²) in [5.41, 5.74) is 10.2. The molecule has 0 spiro atoms. The van der Waals surface area contributed by atoms with Crippen molar-refractivity contribution in [1.82, 2.24) is 4.98 Å². The number of nitrogen functional groups attached to an aromatic ring is 1. The minimum atomic E-state index is -0.710. The van der Waals surface area contributed by atoms with E-state index in [2.05, 4.69) is 10.6 Å². The van der Waals surface area contributed by atoms with E-state index in [0.717, 1.165) is 27.5 Å². The Morgan fingerprint density at radius 3 is 2.12 bits per heavy atom. The Morgan fingerprint density at radius 1 is 0.818 bits per heavy atom. The van der Waals surface area contributed by atoms with Crippen molar-refractivity contribution in [2.45, 2.75) is 0 Å². The van der Waals surface area contributed by atoms with Gasteiger partial charge in [-0.2, -0.15) is 0 Å². The molecule has 0 saturated heterocycles. The molecule has 0 aliphatic carbocycles. The molecule has 7 heteroatoms. The van der Waals surface area contributed by atoms with Crippen molar-refractivity contribution >= 4 is 50.6 Å². The first kappa shape index (κ1) is 20.3. The molecular formula is C26H19FN4O2. The Balaban J connectivity index is 1.46. The molecule has 162 valence electrons. The van der Waals surface area contributed by atoms with E-state index < -0.39 is 11.9 Å². The summed E-state index contributed by atoms with van der Waals surface area (Å²) in [4.78, 5) is 17.0. The van der Waals surface area contributed by atoms with Crippen molar-refractivity contribution in [3.8, 4) is 5.75 Å². The molecule has 0 atom stereocenters. The van der Waals surface area contributed by atoms with Gasteiger partial charge in [-0.25, -0.2) is 14.2 Å². The van der Waals surface area contributed by atoms with Crippen LogP contribution in [0.3, 0.4) is 0 Å². The van der Waals surface area contributed by atoms with Gasteiger partial charge in [0.15, 0.2) is 0 Å². The first-order valence-corrected chi connectivity index (χ1v) is 10.2. The zero-order chi connectivity index (χ0) is 22.8. The number of nitrogens with one attached hydrogen (secondary N) is 2. The molecular weight excluding hydrogens is 419 g/mol. The molecule has 33 heavy (non-hydrogen) atoms. The molecule has 0 aliphatic heterocycles. The highest BCUT2D eigenvalue weighted by molar-refractivity contribution is 6.08. The average molecular weight is 438 g/mol. The minimum absolute atomic E-state index is 0.264. The van der Waals surface area contributed by atoms with Gasteiger partial charge in [0.1, 0.15) is 11.6 Å². The summed E-state index contributed by atoms with van der Waals surface area (Å²) in [5, 5.41) is 7.89. The summed E-state index contributed by atoms with van der Waals surface area (Å²) in [7, 11) is 0. The van der Waals surface area contributed by atoms with Crippen molar-refractivity contribution in [2.75, 3.05) is 16.4 Å². The lowest BCUT2D eigenvalue weighted by molar-refractivity contribution is 0.215. The molecule has 5 aromatic rings. The maximum Gasteiger partial charge on any atom is 0.417 e. The van der Waals surface area contributed by atoms with E-state index in [9.17, 15) is 9.18 Å². The second-order valence-electron chi connectivity index (χ2n) is 7.46. The number of nitrogens with zero attached hydrogens (tertiary/aromatic N) is 1. The fraction of sp³-hybridized carbons (Fsp3) is 0. The Kier molecular flexibility index (Phi) is 5.20. The number of ether oxygens (including phenoxy) is 1. The number of para-hydroxylation sites is 2. The third kappa shape index (κ3) is 4.38. The summed E-state index contributed by atoms with van der Waals surface area (Å²) in [6.07, 6.45) is -0.710. The lowest BCUT2D eigenvalue weighted by Gasteiger charge is -2.15. The fourth-order valence-corrected chi connectivity index (χ4v) is 3.66. The predicted octanol–water partition coefficient (Wildman–Crippen LogP) is 6.46. The molecule has 6 nitrogen and oxygen atoms in total. The quantitative estimate of drug-likeness (QED) is 0.221. The number of aromatic nitrogens is 1. The van der Waals surface area contributed by atoms with Crippen molar-refractivity contribution in [1.29, 1.82) is 0 Å². The van der Waals surface area contributed by atoms with Crippen LogP contribution in [0.15, 0.2) is 91.0 Å². The summed E-state index contributed by atoms with van der Waals surface area (Å²) < 4.78 is 18.5. The Hall–Kier alpha value is -4.65. The van der Waals surface area contributed by atoms with Crippen LogP contribution in [0.2, 0.25) is 0 Å². The number of carbonyl (C=O) groups is 1. The standard InChI is InChI=1S/C26H19FN4O2/c27-16-9-11-18(12-10-16)30-26(32)33-20-14-17(28)13-19(15-20)29-25-21-5-1-3-7-23(21)31-24-8-4-2-6-22(24)25/h1-15H,28H2,(H,29,31)(H,30,32). The molecule has 4 N–H and O–H groups in total. The van der Waals surface area contributed by atoms with Crippen LogP contribution in [0.25, 0.3) is 21.8 Å². The average Bonchev–Trinajstić information content (AvgIpc) is 2.80. The predicted molar refractivity (Wildman–Crippen MR) is 129 cm³/mol. The number of fused-ring (bicyclic) bond motifs is 2. The van der Waals surface area contributed by atoms with Crippen LogP contribution in [-0.4, -0.2) is 11.1 Å². The molecule has 0 fully saturated rings. The van der Waals surface area contributed by atoms with Crippen molar-refractivity contribution < 1.29 is 13.9 Å². The zero-order valence-corrected chi connectivity index (χ0v) is 17.4. The van der Waals surface area contributed by atoms with Crippen LogP contribution in [0.4, 0.5) is 31.9 Å². The smallest absolute Gasteiger partial charge is 0.410 e. The maximum atomic E-state index is 13.1. The van der Waals surface area contributed by atoms with Crippen LogP contribution in [0.1, 0.15) is 0 Å². The zero-order valence-electron chi connectivity index (χ0n) is 17.4. The highest BCUT2D eigenvalue weighted by Gasteiger charge is 2.12. The van der Waals surface area contributed by atoms with Gasteiger partial charge < -0.3 is 15.8 Å². The van der Waals surface area contributed by atoms with E-state index in [0.29, 0.717) is 17.1 Å². The minimum Gasteiger partial charge on any atom is -0.410 e. The number of carbonyl (C=O) groups excluding carboxylic acids is 1. The third-order valence-electron chi connectivity index (χ3n) is 5.09. The Labute approximate surface area is 188 Å². The van der Waals surface area contributed by atoms with E-state index in [1.807, 2.05) is 48.5 Å². The van der Waals surface area contributed by atoms with E-state index in [1.165, 1.54) is 24.3 Å². The van der Waals surface area contributed by atoms with Crippen molar-refractivity contribution in [2.24, 2.45) is 0 Å². The molecule has 1 heterocycles. The first-order valence-electron chi connectivity index (χ1n) is 10.2. The monoisotopic (exact) mass is 438 g/mol. The van der Waals surface area contributed by atoms with E-state index in [1.54, 1.807) is 18.2 Å². The van der Waals surface area contributed by atoms with E-state index in [-0.39, 0.29) is 5.75 Å². The van der Waals surface area contributed by atoms with Crippen LogP contribution in [0.5, 0.6) is 5.75 Å². The van der Waals surface area contributed by atoms with E-state index >= 15 is 0 Å². The number of halogens is 1. The fourth-order valence-electron chi connectivity index (χ4n) is 3.66. The van der Waals surface area contributed by atoms with Gasteiger partial charge in [-0.15, -0.1) is 0 Å². The number of amides is 1. The normalized spacial score (nSPS) is 10.8. The number of hydrogen-bond donors (Lipinski definition) is 3. The highest BCUT2D eigenvalue weighted by atomic mass is 19.1. The van der Waals surface area contributed by atoms with E-state index in [4.69, 9.17) is 15.5 Å². The van der Waals surface area contributed by atoms with Gasteiger partial charge >= 0.3 is 6.09 Å². The summed E-state index contributed by atoms with van der Waals surface area (Å²) >= 11 is 0. The van der Waals surface area contributed by atoms with Crippen LogP contribution >= 0.6 is 0 Å². The van der Waals surface area contributed by atoms with Gasteiger partial charge in [0.05, 0.1) is 16.7 Å². The van der Waals surface area contributed by atoms with Gasteiger partial charge in [-0.05, 0) is 42.5 Å². The largest absolute Gasteiger partial charge is 0.417 e. The summed E-state index contributed by atoms with van der Waals surface area (Å²) in [6, 6.07) is 26.1. The van der Waals surface area contributed by atoms with Crippen LogP contribution in [0, 0.1) is 5.82 Å². The highest BCUT2D eigenvalue weighted by Crippen LogP contribution is 2.34. The Morgan fingerprint density at radius 2 is 1.45 bits per heavy atom.